The van der Waals surface area contributed by atoms with Crippen molar-refractivity contribution in [2.75, 3.05) is 26.8 Å². The van der Waals surface area contributed by atoms with Gasteiger partial charge >= 0.3 is 0 Å². The van der Waals surface area contributed by atoms with Crippen LogP contribution in [0, 0.1) is 0 Å². The highest BCUT2D eigenvalue weighted by Gasteiger charge is 2.23. The van der Waals surface area contributed by atoms with Gasteiger partial charge in [-0.15, -0.1) is 11.3 Å². The Bertz CT molecular complexity index is 1170. The Balaban J connectivity index is 1.41. The first-order chi connectivity index (χ1) is 14.7. The van der Waals surface area contributed by atoms with E-state index in [2.05, 4.69) is 15.1 Å². The molecule has 30 heavy (non-hydrogen) atoms. The van der Waals surface area contributed by atoms with Crippen molar-refractivity contribution in [1.82, 2.24) is 14.7 Å². The largest absolute Gasteiger partial charge is 0.497 e. The van der Waals surface area contributed by atoms with Gasteiger partial charge in [-0.05, 0) is 29.8 Å². The third kappa shape index (κ3) is 3.52. The van der Waals surface area contributed by atoms with Crippen molar-refractivity contribution < 1.29 is 14.3 Å². The van der Waals surface area contributed by atoms with Crippen molar-refractivity contribution in [2.45, 2.75) is 6.10 Å². The van der Waals surface area contributed by atoms with E-state index in [4.69, 9.17) is 14.5 Å². The lowest BCUT2D eigenvalue weighted by Gasteiger charge is -2.22. The molecule has 3 heterocycles. The molecule has 0 bridgehead atoms. The molecule has 7 heteroatoms. The molecule has 1 atom stereocenters. The topological polar surface area (TPSA) is 64.9 Å². The lowest BCUT2D eigenvalue weighted by atomic mass is 10.0. The van der Waals surface area contributed by atoms with Crippen LogP contribution in [0.25, 0.3) is 27.5 Å². The summed E-state index contributed by atoms with van der Waals surface area (Å²) in [6.07, 6.45) is 1.63. The number of nitrogens with one attached hydrogen (secondary N) is 1. The number of methoxy groups -OCH3 is 1. The number of benzene rings is 2. The summed E-state index contributed by atoms with van der Waals surface area (Å²) in [7, 11) is 1.66. The molecule has 1 aliphatic heterocycles. The molecule has 1 aliphatic rings. The van der Waals surface area contributed by atoms with Gasteiger partial charge in [0.15, 0.2) is 10.7 Å². The molecule has 0 aliphatic carbocycles. The second-order valence-electron chi connectivity index (χ2n) is 7.13. The van der Waals surface area contributed by atoms with Gasteiger partial charge in [0.2, 0.25) is 0 Å². The van der Waals surface area contributed by atoms with Gasteiger partial charge in [-0.1, -0.05) is 24.3 Å². The predicted molar refractivity (Wildman–Crippen MR) is 117 cm³/mol. The number of Topliss-reactive ketones (excluding diaryl/α,β-unsaturated/α-hetero) is 1. The molecule has 1 unspecified atom stereocenters. The number of fused-ring (bicyclic) bond motifs is 1. The van der Waals surface area contributed by atoms with Crippen LogP contribution in [-0.2, 0) is 4.74 Å². The minimum Gasteiger partial charge on any atom is -0.497 e. The molecular formula is C23H21N3O3S. The Labute approximate surface area is 178 Å². The highest BCUT2D eigenvalue weighted by molar-refractivity contribution is 7.15. The summed E-state index contributed by atoms with van der Waals surface area (Å²) < 4.78 is 12.9. The zero-order valence-electron chi connectivity index (χ0n) is 16.5. The molecular weight excluding hydrogens is 398 g/mol. The first kappa shape index (κ1) is 19.0. The fourth-order valence-electron chi connectivity index (χ4n) is 3.62. The zero-order chi connectivity index (χ0) is 20.5. The lowest BCUT2D eigenvalue weighted by molar-refractivity contribution is 0.0269. The standard InChI is InChI=1S/C23H21N3O3S/c1-28-18-8-6-16(7-9-18)20-14-30-23-25-19(13-26(20)23)15-2-4-17(5-3-15)22(27)21-12-24-10-11-29-21/h2-9,13-14,21,24H,10-12H2,1H3. The Morgan fingerprint density at radius 2 is 1.93 bits per heavy atom. The SMILES string of the molecule is COc1ccc(-c2csc3nc(-c4ccc(C(=O)C5CNCCO5)cc4)cn23)cc1. The van der Waals surface area contributed by atoms with Crippen molar-refractivity contribution >= 4 is 22.1 Å². The number of thiazole rings is 1. The molecule has 0 spiro atoms. The highest BCUT2D eigenvalue weighted by Crippen LogP contribution is 2.30. The van der Waals surface area contributed by atoms with Gasteiger partial charge in [0.25, 0.3) is 0 Å². The van der Waals surface area contributed by atoms with E-state index in [9.17, 15) is 4.79 Å². The van der Waals surface area contributed by atoms with Crippen LogP contribution in [-0.4, -0.2) is 48.1 Å². The summed E-state index contributed by atoms with van der Waals surface area (Å²) in [4.78, 5) is 18.3. The number of imidazole rings is 1. The Kier molecular flexibility index (Phi) is 5.08. The molecule has 152 valence electrons. The van der Waals surface area contributed by atoms with Crippen LogP contribution in [0.3, 0.4) is 0 Å². The van der Waals surface area contributed by atoms with Crippen LogP contribution in [0.2, 0.25) is 0 Å². The molecule has 0 amide bonds. The maximum absolute atomic E-state index is 12.6. The van der Waals surface area contributed by atoms with E-state index in [1.165, 1.54) is 0 Å². The van der Waals surface area contributed by atoms with E-state index in [0.717, 1.165) is 39.8 Å². The van der Waals surface area contributed by atoms with Gasteiger partial charge < -0.3 is 14.8 Å². The third-order valence-electron chi connectivity index (χ3n) is 5.28. The van der Waals surface area contributed by atoms with Crippen LogP contribution in [0.4, 0.5) is 0 Å². The molecule has 1 N–H and O–H groups in total. The molecule has 6 nitrogen and oxygen atoms in total. The summed E-state index contributed by atoms with van der Waals surface area (Å²) in [6.45, 7) is 1.92. The minimum atomic E-state index is -0.408. The summed E-state index contributed by atoms with van der Waals surface area (Å²) in [5, 5.41) is 5.30. The highest BCUT2D eigenvalue weighted by atomic mass is 32.1. The van der Waals surface area contributed by atoms with E-state index >= 15 is 0 Å². The zero-order valence-corrected chi connectivity index (χ0v) is 17.3. The number of hydrogen-bond acceptors (Lipinski definition) is 6. The number of ether oxygens (including phenoxy) is 2. The van der Waals surface area contributed by atoms with Crippen molar-refractivity contribution in [3.8, 4) is 28.3 Å². The van der Waals surface area contributed by atoms with Gasteiger partial charge in [-0.25, -0.2) is 4.98 Å². The monoisotopic (exact) mass is 419 g/mol. The number of aromatic nitrogens is 2. The fourth-order valence-corrected chi connectivity index (χ4v) is 4.50. The molecule has 2 aromatic carbocycles. The normalized spacial score (nSPS) is 16.6. The number of ketones is 1. The molecule has 1 fully saturated rings. The Hall–Kier alpha value is -3.00. The molecule has 0 saturated carbocycles. The van der Waals surface area contributed by atoms with Crippen molar-refractivity contribution in [1.29, 1.82) is 0 Å². The Morgan fingerprint density at radius 1 is 1.17 bits per heavy atom. The van der Waals surface area contributed by atoms with Crippen LogP contribution in [0.15, 0.2) is 60.1 Å². The van der Waals surface area contributed by atoms with E-state index in [0.29, 0.717) is 18.7 Å². The fraction of sp³-hybridized carbons (Fsp3) is 0.217. The summed E-state index contributed by atoms with van der Waals surface area (Å²) >= 11 is 1.60. The van der Waals surface area contributed by atoms with Gasteiger partial charge in [-0.3, -0.25) is 9.20 Å². The van der Waals surface area contributed by atoms with Crippen LogP contribution < -0.4 is 10.1 Å². The van der Waals surface area contributed by atoms with Crippen LogP contribution >= 0.6 is 11.3 Å². The number of carbonyl (C=O) groups excluding carboxylic acids is 1. The van der Waals surface area contributed by atoms with Crippen LogP contribution in [0.5, 0.6) is 5.75 Å². The molecule has 0 radical (unpaired) electrons. The maximum atomic E-state index is 12.6. The predicted octanol–water partition coefficient (Wildman–Crippen LogP) is 3.91. The smallest absolute Gasteiger partial charge is 0.194 e. The number of nitrogens with zero attached hydrogens (tertiary/aromatic N) is 2. The average Bonchev–Trinajstić information content (AvgIpc) is 3.40. The second-order valence-corrected chi connectivity index (χ2v) is 7.97. The third-order valence-corrected chi connectivity index (χ3v) is 6.12. The molecule has 1 saturated heterocycles. The number of carbonyl (C=O) groups is 1. The summed E-state index contributed by atoms with van der Waals surface area (Å²) in [5.74, 6) is 0.849. The van der Waals surface area contributed by atoms with Gasteiger partial charge in [0, 0.05) is 35.8 Å². The lowest BCUT2D eigenvalue weighted by Crippen LogP contribution is -2.43. The van der Waals surface area contributed by atoms with E-state index in [1.54, 1.807) is 18.4 Å². The van der Waals surface area contributed by atoms with Crippen molar-refractivity contribution in [2.24, 2.45) is 0 Å². The van der Waals surface area contributed by atoms with E-state index in [1.807, 2.05) is 54.7 Å². The molecule has 5 rings (SSSR count). The van der Waals surface area contributed by atoms with Gasteiger partial charge in [0.1, 0.15) is 11.9 Å². The number of rotatable bonds is 5. The second kappa shape index (κ2) is 8.02. The molecule has 4 aromatic rings. The maximum Gasteiger partial charge on any atom is 0.194 e. The average molecular weight is 420 g/mol. The first-order valence-corrected chi connectivity index (χ1v) is 10.7. The van der Waals surface area contributed by atoms with E-state index < -0.39 is 6.10 Å². The van der Waals surface area contributed by atoms with E-state index in [-0.39, 0.29) is 5.78 Å². The quantitative estimate of drug-likeness (QED) is 0.497. The first-order valence-electron chi connectivity index (χ1n) is 9.81. The van der Waals surface area contributed by atoms with Crippen LogP contribution in [0.1, 0.15) is 10.4 Å². The number of morpholine rings is 1. The van der Waals surface area contributed by atoms with Crippen molar-refractivity contribution in [3.63, 3.8) is 0 Å². The Morgan fingerprint density at radius 3 is 2.63 bits per heavy atom. The van der Waals surface area contributed by atoms with Gasteiger partial charge in [-0.2, -0.15) is 0 Å². The van der Waals surface area contributed by atoms with Crippen molar-refractivity contribution in [3.05, 3.63) is 65.7 Å². The minimum absolute atomic E-state index is 0.0152. The number of hydrogen-bond donors (Lipinski definition) is 1. The summed E-state index contributed by atoms with van der Waals surface area (Å²) in [6, 6.07) is 15.6. The molecule has 2 aromatic heterocycles. The summed E-state index contributed by atoms with van der Waals surface area (Å²) in [5.41, 5.74) is 4.71. The van der Waals surface area contributed by atoms with Gasteiger partial charge in [0.05, 0.1) is 25.1 Å².